The van der Waals surface area contributed by atoms with E-state index < -0.39 is 4.92 Å². The first-order valence-corrected chi connectivity index (χ1v) is 7.46. The molecule has 2 heterocycles. The van der Waals surface area contributed by atoms with Gasteiger partial charge in [0.25, 0.3) is 5.69 Å². The molecule has 0 unspecified atom stereocenters. The van der Waals surface area contributed by atoms with Gasteiger partial charge in [0, 0.05) is 37.6 Å². The van der Waals surface area contributed by atoms with Gasteiger partial charge in [-0.1, -0.05) is 36.4 Å². The van der Waals surface area contributed by atoms with Crippen molar-refractivity contribution in [3.8, 4) is 11.3 Å². The Morgan fingerprint density at radius 2 is 1.88 bits per heavy atom. The first-order valence-electron chi connectivity index (χ1n) is 7.46. The minimum absolute atomic E-state index is 0.000252. The Hall–Kier alpha value is -3.28. The standard InChI is InChI=1S/C18H16N4O2/c1-21(13-14-6-5-11-19-12-14)17-10-9-16(22(23)24)18(20-17)15-7-3-2-4-8-15/h2-12H,13H2,1H3. The minimum atomic E-state index is -0.403. The van der Waals surface area contributed by atoms with Gasteiger partial charge in [-0.2, -0.15) is 0 Å². The summed E-state index contributed by atoms with van der Waals surface area (Å²) in [4.78, 5) is 21.5. The van der Waals surface area contributed by atoms with Gasteiger partial charge in [-0.05, 0) is 17.7 Å². The van der Waals surface area contributed by atoms with E-state index >= 15 is 0 Å². The summed E-state index contributed by atoms with van der Waals surface area (Å²) in [6, 6.07) is 16.2. The van der Waals surface area contributed by atoms with E-state index in [-0.39, 0.29) is 5.69 Å². The fraction of sp³-hybridized carbons (Fsp3) is 0.111. The molecule has 24 heavy (non-hydrogen) atoms. The molecule has 3 aromatic rings. The number of nitro groups is 1. The number of benzene rings is 1. The van der Waals surface area contributed by atoms with Gasteiger partial charge in [-0.15, -0.1) is 0 Å². The van der Waals surface area contributed by atoms with E-state index in [1.807, 2.05) is 54.4 Å². The van der Waals surface area contributed by atoms with Crippen molar-refractivity contribution in [2.45, 2.75) is 6.54 Å². The van der Waals surface area contributed by atoms with E-state index in [1.165, 1.54) is 6.07 Å². The van der Waals surface area contributed by atoms with Gasteiger partial charge in [-0.3, -0.25) is 15.1 Å². The molecule has 0 aliphatic heterocycles. The van der Waals surface area contributed by atoms with E-state index in [0.29, 0.717) is 18.1 Å². The summed E-state index contributed by atoms with van der Waals surface area (Å²) in [5, 5.41) is 11.3. The number of hydrogen-bond acceptors (Lipinski definition) is 5. The Morgan fingerprint density at radius 1 is 1.08 bits per heavy atom. The topological polar surface area (TPSA) is 72.2 Å². The molecule has 0 atom stereocenters. The smallest absolute Gasteiger partial charge is 0.295 e. The summed E-state index contributed by atoms with van der Waals surface area (Å²) in [7, 11) is 1.90. The molecule has 0 bridgehead atoms. The van der Waals surface area contributed by atoms with E-state index in [9.17, 15) is 10.1 Å². The van der Waals surface area contributed by atoms with Crippen LogP contribution in [0.25, 0.3) is 11.3 Å². The second-order valence-corrected chi connectivity index (χ2v) is 5.38. The van der Waals surface area contributed by atoms with Gasteiger partial charge in [0.2, 0.25) is 0 Å². The quantitative estimate of drug-likeness (QED) is 0.529. The van der Waals surface area contributed by atoms with Crippen LogP contribution in [0, 0.1) is 10.1 Å². The van der Waals surface area contributed by atoms with E-state index in [1.54, 1.807) is 18.5 Å². The Morgan fingerprint density at radius 3 is 2.54 bits per heavy atom. The maximum Gasteiger partial charge on any atom is 0.295 e. The zero-order valence-corrected chi connectivity index (χ0v) is 13.2. The molecule has 3 rings (SSSR count). The third-order valence-corrected chi connectivity index (χ3v) is 3.64. The molecule has 0 aliphatic carbocycles. The highest BCUT2D eigenvalue weighted by Gasteiger charge is 2.18. The van der Waals surface area contributed by atoms with Crippen molar-refractivity contribution in [2.24, 2.45) is 0 Å². The Bertz CT molecular complexity index is 838. The van der Waals surface area contributed by atoms with E-state index in [2.05, 4.69) is 9.97 Å². The van der Waals surface area contributed by atoms with Gasteiger partial charge in [-0.25, -0.2) is 4.98 Å². The highest BCUT2D eigenvalue weighted by atomic mass is 16.6. The molecule has 0 fully saturated rings. The number of nitrogens with zero attached hydrogens (tertiary/aromatic N) is 4. The molecule has 0 spiro atoms. The summed E-state index contributed by atoms with van der Waals surface area (Å²) in [5.74, 6) is 0.670. The van der Waals surface area contributed by atoms with E-state index in [0.717, 1.165) is 11.1 Å². The molecule has 6 nitrogen and oxygen atoms in total. The monoisotopic (exact) mass is 320 g/mol. The van der Waals surface area contributed by atoms with Crippen LogP contribution in [0.1, 0.15) is 5.56 Å². The molecule has 0 saturated carbocycles. The average Bonchev–Trinajstić information content (AvgIpc) is 2.62. The third-order valence-electron chi connectivity index (χ3n) is 3.64. The van der Waals surface area contributed by atoms with Gasteiger partial charge < -0.3 is 4.90 Å². The fourth-order valence-electron chi connectivity index (χ4n) is 2.46. The molecular formula is C18H16N4O2. The highest BCUT2D eigenvalue weighted by molar-refractivity contribution is 5.71. The van der Waals surface area contributed by atoms with Crippen molar-refractivity contribution in [3.05, 3.63) is 82.7 Å². The summed E-state index contributed by atoms with van der Waals surface area (Å²) < 4.78 is 0. The second kappa shape index (κ2) is 6.87. The van der Waals surface area contributed by atoms with Crippen molar-refractivity contribution in [3.63, 3.8) is 0 Å². The van der Waals surface area contributed by atoms with Crippen LogP contribution >= 0.6 is 0 Å². The number of pyridine rings is 2. The lowest BCUT2D eigenvalue weighted by molar-refractivity contribution is -0.384. The molecule has 0 N–H and O–H groups in total. The van der Waals surface area contributed by atoms with Crippen molar-refractivity contribution in [1.82, 2.24) is 9.97 Å². The first kappa shape index (κ1) is 15.6. The van der Waals surface area contributed by atoms with Gasteiger partial charge in [0.15, 0.2) is 5.69 Å². The summed E-state index contributed by atoms with van der Waals surface area (Å²) >= 11 is 0. The van der Waals surface area contributed by atoms with Crippen LogP contribution in [0.15, 0.2) is 67.0 Å². The zero-order valence-electron chi connectivity index (χ0n) is 13.2. The first-order chi connectivity index (χ1) is 11.6. The van der Waals surface area contributed by atoms with Gasteiger partial charge >= 0.3 is 0 Å². The van der Waals surface area contributed by atoms with Crippen molar-refractivity contribution < 1.29 is 4.92 Å². The average molecular weight is 320 g/mol. The summed E-state index contributed by atoms with van der Waals surface area (Å²) in [6.45, 7) is 0.618. The summed E-state index contributed by atoms with van der Waals surface area (Å²) in [6.07, 6.45) is 3.52. The zero-order chi connectivity index (χ0) is 16.9. The Kier molecular flexibility index (Phi) is 4.47. The van der Waals surface area contributed by atoms with Crippen LogP contribution in [0.3, 0.4) is 0 Å². The fourth-order valence-corrected chi connectivity index (χ4v) is 2.46. The van der Waals surface area contributed by atoms with Crippen LogP contribution in [-0.4, -0.2) is 21.9 Å². The maximum atomic E-state index is 11.3. The van der Waals surface area contributed by atoms with Crippen molar-refractivity contribution >= 4 is 11.5 Å². The van der Waals surface area contributed by atoms with Crippen LogP contribution in [0.2, 0.25) is 0 Å². The lowest BCUT2D eigenvalue weighted by Crippen LogP contribution is -2.18. The predicted molar refractivity (Wildman–Crippen MR) is 92.7 cm³/mol. The van der Waals surface area contributed by atoms with Crippen molar-refractivity contribution in [2.75, 3.05) is 11.9 Å². The molecule has 2 aromatic heterocycles. The van der Waals surface area contributed by atoms with Crippen molar-refractivity contribution in [1.29, 1.82) is 0 Å². The number of aromatic nitrogens is 2. The molecule has 6 heteroatoms. The molecule has 120 valence electrons. The molecule has 0 saturated heterocycles. The summed E-state index contributed by atoms with van der Waals surface area (Å²) in [5.41, 5.74) is 2.14. The number of rotatable bonds is 5. The number of anilines is 1. The largest absolute Gasteiger partial charge is 0.355 e. The lowest BCUT2D eigenvalue weighted by atomic mass is 10.1. The van der Waals surface area contributed by atoms with Gasteiger partial charge in [0.1, 0.15) is 5.82 Å². The normalized spacial score (nSPS) is 10.4. The second-order valence-electron chi connectivity index (χ2n) is 5.38. The minimum Gasteiger partial charge on any atom is -0.355 e. The number of hydrogen-bond donors (Lipinski definition) is 0. The Balaban J connectivity index is 1.96. The SMILES string of the molecule is CN(Cc1cccnc1)c1ccc([N+](=O)[O-])c(-c2ccccc2)n1. The highest BCUT2D eigenvalue weighted by Crippen LogP contribution is 2.30. The van der Waals surface area contributed by atoms with Crippen LogP contribution in [0.4, 0.5) is 11.5 Å². The molecule has 0 amide bonds. The van der Waals surface area contributed by atoms with Crippen LogP contribution in [0.5, 0.6) is 0 Å². The van der Waals surface area contributed by atoms with E-state index in [4.69, 9.17) is 0 Å². The van der Waals surface area contributed by atoms with Crippen LogP contribution < -0.4 is 4.90 Å². The lowest BCUT2D eigenvalue weighted by Gasteiger charge is -2.18. The predicted octanol–water partition coefficient (Wildman–Crippen LogP) is 3.69. The Labute approximate surface area is 139 Å². The molecule has 1 aromatic carbocycles. The van der Waals surface area contributed by atoms with Crippen LogP contribution in [-0.2, 0) is 6.54 Å². The maximum absolute atomic E-state index is 11.3. The molecular weight excluding hydrogens is 304 g/mol. The molecule has 0 radical (unpaired) electrons. The third kappa shape index (κ3) is 3.38. The van der Waals surface area contributed by atoms with Gasteiger partial charge in [0.05, 0.1) is 4.92 Å². The molecule has 0 aliphatic rings.